The van der Waals surface area contributed by atoms with Gasteiger partial charge in [0.15, 0.2) is 5.82 Å². The lowest BCUT2D eigenvalue weighted by molar-refractivity contribution is 0.0384. The average molecular weight is 852 g/mol. The van der Waals surface area contributed by atoms with Crippen LogP contribution < -0.4 is 16.3 Å². The summed E-state index contributed by atoms with van der Waals surface area (Å²) in [5, 5.41) is 15.4. The number of carbonyl (C=O) groups is 1. The number of rotatable bonds is 8. The number of fused-ring (bicyclic) bond motifs is 3. The molecule has 2 fully saturated rings. The summed E-state index contributed by atoms with van der Waals surface area (Å²) in [5.41, 5.74) is 5.68. The smallest absolute Gasteiger partial charge is 0.375 e. The number of nitrogens with one attached hydrogen (secondary N) is 1. The number of hydrogen-bond acceptors (Lipinski definition) is 9. The molecule has 1 unspecified atom stereocenters. The number of hydrogen-bond donors (Lipinski definition) is 1. The van der Waals surface area contributed by atoms with Gasteiger partial charge >= 0.3 is 11.4 Å². The molecular weight excluding hydrogens is 806 g/mol. The van der Waals surface area contributed by atoms with Crippen molar-refractivity contribution in [2.24, 2.45) is 13.0 Å². The van der Waals surface area contributed by atoms with Crippen molar-refractivity contribution in [1.29, 1.82) is 0 Å². The van der Waals surface area contributed by atoms with Crippen LogP contribution in [0.2, 0.25) is 0 Å². The van der Waals surface area contributed by atoms with E-state index in [0.717, 1.165) is 52.7 Å². The SMILES string of the molecule is CCC1CN(c2ccc3c(c2)cc(C(=O)N2CCc4nn(-c5cc(C)c(F)c(C)c5)c(-n5ccn(-c6ccc7c(cnn7C)c6)c5=O)c4C2)n3[C@@]2(c3noc(=O)[nH]3)C[C@@H]2C)CCO1. The van der Waals surface area contributed by atoms with Crippen LogP contribution in [-0.4, -0.2) is 86.6 Å². The summed E-state index contributed by atoms with van der Waals surface area (Å²) < 4.78 is 34.7. The minimum absolute atomic E-state index is 0.0276. The number of anilines is 1. The van der Waals surface area contributed by atoms with Gasteiger partial charge in [0.2, 0.25) is 0 Å². The lowest BCUT2D eigenvalue weighted by atomic mass is 10.1. The number of carbonyl (C=O) groups excluding carboxylic acids is 1. The molecule has 16 nitrogen and oxygen atoms in total. The van der Waals surface area contributed by atoms with Gasteiger partial charge in [0, 0.05) is 73.0 Å². The van der Waals surface area contributed by atoms with E-state index in [9.17, 15) is 9.59 Å². The number of ether oxygens (including phenoxy) is 1. The molecule has 0 radical (unpaired) electrons. The molecule has 2 aliphatic heterocycles. The van der Waals surface area contributed by atoms with E-state index in [0.29, 0.717) is 71.4 Å². The summed E-state index contributed by atoms with van der Waals surface area (Å²) in [6, 6.07) is 17.4. The van der Waals surface area contributed by atoms with E-state index >= 15 is 9.18 Å². The molecule has 7 heterocycles. The number of H-pyrrole nitrogens is 1. The first kappa shape index (κ1) is 38.9. The number of aromatic nitrogens is 9. The first-order valence-electron chi connectivity index (χ1n) is 21.4. The highest BCUT2D eigenvalue weighted by Gasteiger charge is 2.59. The van der Waals surface area contributed by atoms with Gasteiger partial charge in [0.05, 0.1) is 48.0 Å². The Hall–Kier alpha value is -7.01. The second-order valence-corrected chi connectivity index (χ2v) is 17.3. The van der Waals surface area contributed by atoms with Crippen molar-refractivity contribution >= 4 is 33.4 Å². The second kappa shape index (κ2) is 14.3. The highest BCUT2D eigenvalue weighted by molar-refractivity contribution is 6.00. The number of aromatic amines is 1. The number of aryl methyl sites for hydroxylation is 3. The summed E-state index contributed by atoms with van der Waals surface area (Å²) in [5.74, 6) is -0.322. The summed E-state index contributed by atoms with van der Waals surface area (Å²) in [6.45, 7) is 10.3. The van der Waals surface area contributed by atoms with E-state index in [2.05, 4.69) is 52.2 Å². The molecule has 0 spiro atoms. The topological polar surface area (TPSA) is 159 Å². The van der Waals surface area contributed by atoms with Gasteiger partial charge < -0.3 is 19.1 Å². The Bertz CT molecular complexity index is 3250. The zero-order chi connectivity index (χ0) is 43.5. The molecule has 11 rings (SSSR count). The zero-order valence-electron chi connectivity index (χ0n) is 35.6. The van der Waals surface area contributed by atoms with Gasteiger partial charge in [-0.1, -0.05) is 19.0 Å². The van der Waals surface area contributed by atoms with Crippen LogP contribution in [-0.2, 0) is 30.3 Å². The van der Waals surface area contributed by atoms with Crippen molar-refractivity contribution in [3.05, 3.63) is 134 Å². The fourth-order valence-electron chi connectivity index (χ4n) is 9.96. The fraction of sp³-hybridized carbons (Fsp3) is 0.348. The third-order valence-electron chi connectivity index (χ3n) is 13.5. The maximum atomic E-state index is 15.3. The first-order chi connectivity index (χ1) is 30.4. The van der Waals surface area contributed by atoms with Crippen molar-refractivity contribution in [3.63, 3.8) is 0 Å². The van der Waals surface area contributed by atoms with Gasteiger partial charge in [-0.05, 0) is 98.3 Å². The molecule has 0 bridgehead atoms. The lowest BCUT2D eigenvalue weighted by Gasteiger charge is -2.34. The van der Waals surface area contributed by atoms with Crippen molar-refractivity contribution in [2.75, 3.05) is 31.1 Å². The van der Waals surface area contributed by atoms with Gasteiger partial charge in [-0.15, -0.1) is 0 Å². The molecule has 322 valence electrons. The van der Waals surface area contributed by atoms with E-state index in [1.807, 2.05) is 35.9 Å². The Labute approximate surface area is 359 Å². The van der Waals surface area contributed by atoms with E-state index < -0.39 is 11.3 Å². The van der Waals surface area contributed by atoms with Gasteiger partial charge in [-0.2, -0.15) is 10.2 Å². The quantitative estimate of drug-likeness (QED) is 0.203. The number of halogens is 1. The standard InChI is InChI=1S/C46H46FN11O5/c1-6-34-24-53(15-16-62-34)31-7-10-38-29(19-31)21-39(57(38)46(22-28(46)4)43-49-44(60)63-51-43)42(59)54-12-11-36-35(25-54)41(58(50-36)33-17-26(2)40(47)27(3)18-33)56-14-13-55(45(56)61)32-8-9-37-30(20-32)23-48-52(37)5/h7-10,13-14,17-21,23,28,34H,6,11-12,15-16,22,24-25H2,1-5H3,(H,49,51,60)/t28-,34?,46-/m0/s1. The van der Waals surface area contributed by atoms with E-state index in [4.69, 9.17) is 14.4 Å². The first-order valence-corrected chi connectivity index (χ1v) is 21.4. The summed E-state index contributed by atoms with van der Waals surface area (Å²) >= 11 is 0. The lowest BCUT2D eigenvalue weighted by Crippen LogP contribution is -2.42. The average Bonchev–Trinajstić information content (AvgIpc) is 3.91. The third kappa shape index (κ3) is 6.03. The Kier molecular flexibility index (Phi) is 8.81. The molecule has 8 aromatic rings. The molecule has 63 heavy (non-hydrogen) atoms. The van der Waals surface area contributed by atoms with Crippen LogP contribution in [0.1, 0.15) is 65.4 Å². The van der Waals surface area contributed by atoms with Gasteiger partial charge in [0.1, 0.15) is 22.9 Å². The predicted molar refractivity (Wildman–Crippen MR) is 233 cm³/mol. The molecule has 1 amide bonds. The van der Waals surface area contributed by atoms with Crippen LogP contribution in [0, 0.1) is 25.6 Å². The number of amides is 1. The molecule has 3 aliphatic rings. The molecule has 1 saturated carbocycles. The van der Waals surface area contributed by atoms with Crippen LogP contribution in [0.5, 0.6) is 0 Å². The highest BCUT2D eigenvalue weighted by Crippen LogP contribution is 2.56. The minimum atomic E-state index is -0.822. The Morgan fingerprint density at radius 1 is 0.952 bits per heavy atom. The summed E-state index contributed by atoms with van der Waals surface area (Å²) in [7, 11) is 1.87. The number of morpholine rings is 1. The third-order valence-corrected chi connectivity index (χ3v) is 13.5. The normalized spacial score (nSPS) is 20.0. The Morgan fingerprint density at radius 3 is 2.44 bits per heavy atom. The maximum Gasteiger partial charge on any atom is 0.438 e. The largest absolute Gasteiger partial charge is 0.438 e. The van der Waals surface area contributed by atoms with Gasteiger partial charge in [-0.25, -0.2) is 18.7 Å². The monoisotopic (exact) mass is 851 g/mol. The molecule has 3 aromatic carbocycles. The summed E-state index contributed by atoms with van der Waals surface area (Å²) in [6.07, 6.45) is 7.27. The van der Waals surface area contributed by atoms with Crippen LogP contribution in [0.25, 0.3) is 39.0 Å². The maximum absolute atomic E-state index is 15.3. The Morgan fingerprint density at radius 2 is 1.70 bits per heavy atom. The fourth-order valence-corrected chi connectivity index (χ4v) is 9.96. The zero-order valence-corrected chi connectivity index (χ0v) is 35.6. The van der Waals surface area contributed by atoms with Crippen LogP contribution >= 0.6 is 0 Å². The Balaban J connectivity index is 1.03. The van der Waals surface area contributed by atoms with Crippen LogP contribution in [0.15, 0.2) is 87.3 Å². The predicted octanol–water partition coefficient (Wildman–Crippen LogP) is 5.68. The number of nitrogens with zero attached hydrogens (tertiary/aromatic N) is 10. The van der Waals surface area contributed by atoms with Crippen molar-refractivity contribution < 1.29 is 18.4 Å². The van der Waals surface area contributed by atoms with Gasteiger partial charge in [-0.3, -0.25) is 28.1 Å². The van der Waals surface area contributed by atoms with Crippen molar-refractivity contribution in [1.82, 2.24) is 48.3 Å². The van der Waals surface area contributed by atoms with Crippen molar-refractivity contribution in [2.45, 2.75) is 65.1 Å². The van der Waals surface area contributed by atoms with E-state index in [-0.39, 0.29) is 36.0 Å². The molecule has 1 aliphatic carbocycles. The second-order valence-electron chi connectivity index (χ2n) is 17.3. The molecule has 1 N–H and O–H groups in total. The highest BCUT2D eigenvalue weighted by atomic mass is 19.1. The molecule has 17 heteroatoms. The molecular formula is C46H46FN11O5. The van der Waals surface area contributed by atoms with E-state index in [1.165, 1.54) is 0 Å². The van der Waals surface area contributed by atoms with E-state index in [1.54, 1.807) is 68.0 Å². The molecule has 3 atom stereocenters. The summed E-state index contributed by atoms with van der Waals surface area (Å²) in [4.78, 5) is 49.2. The number of benzene rings is 3. The van der Waals surface area contributed by atoms with Crippen molar-refractivity contribution in [3.8, 4) is 17.2 Å². The molecule has 5 aromatic heterocycles. The van der Waals surface area contributed by atoms with Crippen LogP contribution in [0.4, 0.5) is 10.1 Å². The van der Waals surface area contributed by atoms with Gasteiger partial charge in [0.25, 0.3) is 5.91 Å². The molecule has 1 saturated heterocycles. The minimum Gasteiger partial charge on any atom is -0.375 e. The van der Waals surface area contributed by atoms with Crippen LogP contribution in [0.3, 0.4) is 0 Å². The number of imidazole rings is 1.